The van der Waals surface area contributed by atoms with Crippen LogP contribution in [0, 0.1) is 0 Å². The molecular formula is C20H24ClN3O2. The number of hydrogen-bond donors (Lipinski definition) is 2. The number of halogens is 1. The zero-order valence-electron chi connectivity index (χ0n) is 14.8. The van der Waals surface area contributed by atoms with Gasteiger partial charge in [-0.2, -0.15) is 0 Å². The molecule has 1 atom stereocenters. The molecule has 26 heavy (non-hydrogen) atoms. The molecule has 6 heteroatoms. The summed E-state index contributed by atoms with van der Waals surface area (Å²) in [5.74, 6) is -0.105. The Balaban J connectivity index is 0.00000243. The molecule has 1 aliphatic rings. The molecule has 2 aromatic carbocycles. The van der Waals surface area contributed by atoms with Gasteiger partial charge in [-0.3, -0.25) is 9.59 Å². The van der Waals surface area contributed by atoms with Crippen molar-refractivity contribution in [3.63, 3.8) is 0 Å². The Morgan fingerprint density at radius 1 is 1.04 bits per heavy atom. The lowest BCUT2D eigenvalue weighted by molar-refractivity contribution is 0.0737. The maximum atomic E-state index is 12.7. The Kier molecular flexibility index (Phi) is 7.18. The predicted octanol–water partition coefficient (Wildman–Crippen LogP) is 3.18. The molecule has 1 aliphatic heterocycles. The number of amides is 2. The third-order valence-corrected chi connectivity index (χ3v) is 4.50. The molecule has 0 saturated carbocycles. The van der Waals surface area contributed by atoms with Crippen molar-refractivity contribution in [2.45, 2.75) is 18.9 Å². The fourth-order valence-electron chi connectivity index (χ4n) is 3.21. The summed E-state index contributed by atoms with van der Waals surface area (Å²) in [5, 5.41) is 6.00. The van der Waals surface area contributed by atoms with E-state index >= 15 is 0 Å². The highest BCUT2D eigenvalue weighted by atomic mass is 35.5. The summed E-state index contributed by atoms with van der Waals surface area (Å²) in [6, 6.07) is 16.4. The molecule has 3 rings (SSSR count). The molecule has 0 bridgehead atoms. The molecule has 1 heterocycles. The van der Waals surface area contributed by atoms with Gasteiger partial charge in [0.1, 0.15) is 0 Å². The van der Waals surface area contributed by atoms with Crippen molar-refractivity contribution in [2.24, 2.45) is 0 Å². The van der Waals surface area contributed by atoms with Gasteiger partial charge in [-0.05, 0) is 56.3 Å². The number of carbonyl (C=O) groups is 2. The van der Waals surface area contributed by atoms with Gasteiger partial charge in [-0.25, -0.2) is 0 Å². The van der Waals surface area contributed by atoms with E-state index in [0.717, 1.165) is 25.9 Å². The average Bonchev–Trinajstić information content (AvgIpc) is 3.11. The van der Waals surface area contributed by atoms with Crippen molar-refractivity contribution < 1.29 is 9.59 Å². The van der Waals surface area contributed by atoms with Crippen molar-refractivity contribution >= 4 is 29.9 Å². The van der Waals surface area contributed by atoms with Gasteiger partial charge in [0.05, 0.1) is 0 Å². The van der Waals surface area contributed by atoms with Crippen LogP contribution < -0.4 is 10.6 Å². The molecule has 2 aromatic rings. The fraction of sp³-hybridized carbons (Fsp3) is 0.300. The quantitative estimate of drug-likeness (QED) is 0.846. The van der Waals surface area contributed by atoms with E-state index in [2.05, 4.69) is 10.6 Å². The van der Waals surface area contributed by atoms with E-state index in [-0.39, 0.29) is 30.3 Å². The predicted molar refractivity (Wildman–Crippen MR) is 106 cm³/mol. The topological polar surface area (TPSA) is 61.4 Å². The number of nitrogens with one attached hydrogen (secondary N) is 2. The molecule has 1 fully saturated rings. The third-order valence-electron chi connectivity index (χ3n) is 4.50. The lowest BCUT2D eigenvalue weighted by Gasteiger charge is -2.24. The Morgan fingerprint density at radius 2 is 1.73 bits per heavy atom. The molecular weight excluding hydrogens is 350 g/mol. The van der Waals surface area contributed by atoms with E-state index in [4.69, 9.17) is 0 Å². The van der Waals surface area contributed by atoms with Gasteiger partial charge in [0.2, 0.25) is 0 Å². The van der Waals surface area contributed by atoms with E-state index < -0.39 is 0 Å². The summed E-state index contributed by atoms with van der Waals surface area (Å²) >= 11 is 0. The maximum Gasteiger partial charge on any atom is 0.255 e. The van der Waals surface area contributed by atoms with Crippen molar-refractivity contribution in [3.05, 3.63) is 65.7 Å². The van der Waals surface area contributed by atoms with Gasteiger partial charge in [-0.1, -0.05) is 18.2 Å². The monoisotopic (exact) mass is 373 g/mol. The number of anilines is 1. The van der Waals surface area contributed by atoms with Gasteiger partial charge in [-0.15, -0.1) is 12.4 Å². The molecule has 0 aliphatic carbocycles. The number of rotatable bonds is 5. The van der Waals surface area contributed by atoms with Crippen LogP contribution in [0.5, 0.6) is 0 Å². The Hall–Kier alpha value is -2.37. The first kappa shape index (κ1) is 19.9. The molecule has 2 amide bonds. The standard InChI is InChI=1S/C20H23N3O2.ClH/c1-21-14-18-8-5-13-23(18)20(25)16-9-11-17(12-10-16)22-19(24)15-6-3-2-4-7-15;/h2-4,6-7,9-12,18,21H,5,8,13-14H2,1H3,(H,22,24);1H. The lowest BCUT2D eigenvalue weighted by Crippen LogP contribution is -2.40. The SMILES string of the molecule is CNCC1CCCN1C(=O)c1ccc(NC(=O)c2ccccc2)cc1.Cl. The molecule has 0 spiro atoms. The summed E-state index contributed by atoms with van der Waals surface area (Å²) in [4.78, 5) is 26.8. The summed E-state index contributed by atoms with van der Waals surface area (Å²) in [6.45, 7) is 1.62. The molecule has 138 valence electrons. The summed E-state index contributed by atoms with van der Waals surface area (Å²) in [5.41, 5.74) is 1.94. The van der Waals surface area contributed by atoms with Crippen LogP contribution >= 0.6 is 12.4 Å². The number of hydrogen-bond acceptors (Lipinski definition) is 3. The summed E-state index contributed by atoms with van der Waals surface area (Å²) in [7, 11) is 1.91. The minimum absolute atomic E-state index is 0. The van der Waals surface area contributed by atoms with Crippen LogP contribution in [-0.2, 0) is 0 Å². The smallest absolute Gasteiger partial charge is 0.255 e. The molecule has 5 nitrogen and oxygen atoms in total. The fourth-order valence-corrected chi connectivity index (χ4v) is 3.21. The third kappa shape index (κ3) is 4.62. The Labute approximate surface area is 160 Å². The molecule has 0 radical (unpaired) electrons. The van der Waals surface area contributed by atoms with Crippen molar-refractivity contribution in [3.8, 4) is 0 Å². The lowest BCUT2D eigenvalue weighted by atomic mass is 10.1. The first-order valence-corrected chi connectivity index (χ1v) is 8.61. The molecule has 1 unspecified atom stereocenters. The van der Waals surface area contributed by atoms with Crippen LogP contribution in [-0.4, -0.2) is 42.9 Å². The molecule has 2 N–H and O–H groups in total. The minimum Gasteiger partial charge on any atom is -0.334 e. The summed E-state index contributed by atoms with van der Waals surface area (Å²) in [6.07, 6.45) is 2.08. The van der Waals surface area contributed by atoms with E-state index in [9.17, 15) is 9.59 Å². The number of likely N-dealkylation sites (tertiary alicyclic amines) is 1. The second-order valence-electron chi connectivity index (χ2n) is 6.25. The first-order valence-electron chi connectivity index (χ1n) is 8.61. The van der Waals surface area contributed by atoms with Crippen LogP contribution in [0.2, 0.25) is 0 Å². The highest BCUT2D eigenvalue weighted by molar-refractivity contribution is 6.04. The van der Waals surface area contributed by atoms with Crippen molar-refractivity contribution in [1.82, 2.24) is 10.2 Å². The normalized spacial score (nSPS) is 16.0. The minimum atomic E-state index is -0.159. The number of carbonyl (C=O) groups excluding carboxylic acids is 2. The average molecular weight is 374 g/mol. The van der Waals surface area contributed by atoms with E-state index in [1.165, 1.54) is 0 Å². The largest absolute Gasteiger partial charge is 0.334 e. The van der Waals surface area contributed by atoms with E-state index in [0.29, 0.717) is 16.8 Å². The van der Waals surface area contributed by atoms with Gasteiger partial charge in [0, 0.05) is 35.9 Å². The maximum absolute atomic E-state index is 12.7. The summed E-state index contributed by atoms with van der Waals surface area (Å²) < 4.78 is 0. The zero-order chi connectivity index (χ0) is 17.6. The molecule has 0 aromatic heterocycles. The van der Waals surface area contributed by atoms with Crippen LogP contribution in [0.15, 0.2) is 54.6 Å². The number of likely N-dealkylation sites (N-methyl/N-ethyl adjacent to an activating group) is 1. The van der Waals surface area contributed by atoms with Gasteiger partial charge < -0.3 is 15.5 Å². The van der Waals surface area contributed by atoms with E-state index in [1.807, 2.05) is 30.1 Å². The van der Waals surface area contributed by atoms with Crippen LogP contribution in [0.25, 0.3) is 0 Å². The van der Waals surface area contributed by atoms with Gasteiger partial charge in [0.15, 0.2) is 0 Å². The zero-order valence-corrected chi connectivity index (χ0v) is 15.6. The highest BCUT2D eigenvalue weighted by Gasteiger charge is 2.28. The second kappa shape index (κ2) is 9.36. The van der Waals surface area contributed by atoms with Crippen LogP contribution in [0.3, 0.4) is 0 Å². The van der Waals surface area contributed by atoms with Crippen molar-refractivity contribution in [1.29, 1.82) is 0 Å². The first-order chi connectivity index (χ1) is 12.2. The van der Waals surface area contributed by atoms with Gasteiger partial charge >= 0.3 is 0 Å². The number of nitrogens with zero attached hydrogens (tertiary/aromatic N) is 1. The number of benzene rings is 2. The molecule has 1 saturated heterocycles. The Morgan fingerprint density at radius 3 is 2.38 bits per heavy atom. The van der Waals surface area contributed by atoms with Gasteiger partial charge in [0.25, 0.3) is 11.8 Å². The van der Waals surface area contributed by atoms with E-state index in [1.54, 1.807) is 36.4 Å². The van der Waals surface area contributed by atoms with Crippen molar-refractivity contribution in [2.75, 3.05) is 25.5 Å². The highest BCUT2D eigenvalue weighted by Crippen LogP contribution is 2.20. The van der Waals surface area contributed by atoms with Crippen LogP contribution in [0.1, 0.15) is 33.6 Å². The van der Waals surface area contributed by atoms with Crippen LogP contribution in [0.4, 0.5) is 5.69 Å². The Bertz CT molecular complexity index is 734. The second-order valence-corrected chi connectivity index (χ2v) is 6.25.